The van der Waals surface area contributed by atoms with Gasteiger partial charge >= 0.3 is 0 Å². The summed E-state index contributed by atoms with van der Waals surface area (Å²) in [5.41, 5.74) is 1.62. The van der Waals surface area contributed by atoms with Crippen molar-refractivity contribution in [2.75, 3.05) is 7.11 Å². The van der Waals surface area contributed by atoms with E-state index in [0.29, 0.717) is 17.8 Å². The molecular weight excluding hydrogens is 316 g/mol. The van der Waals surface area contributed by atoms with E-state index in [4.69, 9.17) is 4.74 Å². The van der Waals surface area contributed by atoms with E-state index in [-0.39, 0.29) is 11.9 Å². The lowest BCUT2D eigenvalue weighted by Crippen LogP contribution is -2.34. The molecule has 6 nitrogen and oxygen atoms in total. The molecule has 0 saturated carbocycles. The van der Waals surface area contributed by atoms with Gasteiger partial charge in [-0.2, -0.15) is 0 Å². The van der Waals surface area contributed by atoms with E-state index in [1.54, 1.807) is 48.7 Å². The highest BCUT2D eigenvalue weighted by atomic mass is 16.5. The SMILES string of the molecule is COc1ccccc1CC(C)NC(=O)c1ccnc(-n2ccnc2)c1. The lowest BCUT2D eigenvalue weighted by Gasteiger charge is -2.16. The van der Waals surface area contributed by atoms with Gasteiger partial charge in [-0.1, -0.05) is 18.2 Å². The summed E-state index contributed by atoms with van der Waals surface area (Å²) in [5.74, 6) is 1.35. The van der Waals surface area contributed by atoms with Gasteiger partial charge < -0.3 is 10.1 Å². The lowest BCUT2D eigenvalue weighted by atomic mass is 10.1. The average Bonchev–Trinajstić information content (AvgIpc) is 3.17. The van der Waals surface area contributed by atoms with Crippen molar-refractivity contribution >= 4 is 5.91 Å². The molecule has 2 aromatic heterocycles. The first-order valence-corrected chi connectivity index (χ1v) is 8.04. The Morgan fingerprint density at radius 3 is 2.88 bits per heavy atom. The molecule has 1 amide bonds. The molecule has 1 atom stereocenters. The van der Waals surface area contributed by atoms with E-state index in [0.717, 1.165) is 11.3 Å². The van der Waals surface area contributed by atoms with Gasteiger partial charge in [0.15, 0.2) is 0 Å². The number of carbonyl (C=O) groups is 1. The van der Waals surface area contributed by atoms with Gasteiger partial charge in [0.2, 0.25) is 0 Å². The van der Waals surface area contributed by atoms with Crippen molar-refractivity contribution in [3.63, 3.8) is 0 Å². The molecule has 0 fully saturated rings. The highest BCUT2D eigenvalue weighted by Crippen LogP contribution is 2.19. The number of amides is 1. The van der Waals surface area contributed by atoms with E-state index in [2.05, 4.69) is 15.3 Å². The number of hydrogen-bond donors (Lipinski definition) is 1. The fourth-order valence-corrected chi connectivity index (χ4v) is 2.66. The predicted molar refractivity (Wildman–Crippen MR) is 95.0 cm³/mol. The zero-order chi connectivity index (χ0) is 17.6. The topological polar surface area (TPSA) is 69.0 Å². The van der Waals surface area contributed by atoms with Crippen molar-refractivity contribution in [3.8, 4) is 11.6 Å². The second-order valence-corrected chi connectivity index (χ2v) is 5.76. The Morgan fingerprint density at radius 1 is 1.28 bits per heavy atom. The molecule has 0 spiro atoms. The Balaban J connectivity index is 1.68. The summed E-state index contributed by atoms with van der Waals surface area (Å²) in [5, 5.41) is 3.02. The second kappa shape index (κ2) is 7.61. The van der Waals surface area contributed by atoms with Gasteiger partial charge in [-0.05, 0) is 37.1 Å². The first-order valence-electron chi connectivity index (χ1n) is 8.04. The van der Waals surface area contributed by atoms with E-state index in [9.17, 15) is 4.79 Å². The number of pyridine rings is 1. The van der Waals surface area contributed by atoms with Crippen molar-refractivity contribution in [1.82, 2.24) is 19.9 Å². The Bertz CT molecular complexity index is 846. The van der Waals surface area contributed by atoms with Crippen LogP contribution in [0.5, 0.6) is 5.75 Å². The maximum absolute atomic E-state index is 12.5. The van der Waals surface area contributed by atoms with Crippen molar-refractivity contribution in [2.45, 2.75) is 19.4 Å². The summed E-state index contributed by atoms with van der Waals surface area (Å²) in [6, 6.07) is 11.2. The lowest BCUT2D eigenvalue weighted by molar-refractivity contribution is 0.0940. The number of methoxy groups -OCH3 is 1. The van der Waals surface area contributed by atoms with Crippen LogP contribution in [-0.4, -0.2) is 33.6 Å². The van der Waals surface area contributed by atoms with Crippen molar-refractivity contribution < 1.29 is 9.53 Å². The van der Waals surface area contributed by atoms with Gasteiger partial charge in [0.25, 0.3) is 5.91 Å². The number of imidazole rings is 1. The normalized spacial score (nSPS) is 11.8. The van der Waals surface area contributed by atoms with Crippen LogP contribution in [0.15, 0.2) is 61.3 Å². The number of rotatable bonds is 6. The fourth-order valence-electron chi connectivity index (χ4n) is 2.66. The number of hydrogen-bond acceptors (Lipinski definition) is 4. The van der Waals surface area contributed by atoms with Crippen molar-refractivity contribution in [2.24, 2.45) is 0 Å². The molecule has 3 rings (SSSR count). The number of nitrogens with zero attached hydrogens (tertiary/aromatic N) is 3. The van der Waals surface area contributed by atoms with E-state index in [1.165, 1.54) is 0 Å². The van der Waals surface area contributed by atoms with Crippen LogP contribution in [0.2, 0.25) is 0 Å². The number of para-hydroxylation sites is 1. The first kappa shape index (κ1) is 16.7. The van der Waals surface area contributed by atoms with Gasteiger partial charge in [0.1, 0.15) is 17.9 Å². The molecule has 0 bridgehead atoms. The molecule has 1 unspecified atom stereocenters. The van der Waals surface area contributed by atoms with E-state index < -0.39 is 0 Å². The third-order valence-corrected chi connectivity index (χ3v) is 3.87. The van der Waals surface area contributed by atoms with Gasteiger partial charge in [0.05, 0.1) is 7.11 Å². The summed E-state index contributed by atoms with van der Waals surface area (Å²) in [6.45, 7) is 1.97. The number of carbonyl (C=O) groups excluding carboxylic acids is 1. The molecule has 0 saturated heterocycles. The van der Waals surface area contributed by atoms with E-state index in [1.807, 2.05) is 31.2 Å². The highest BCUT2D eigenvalue weighted by molar-refractivity contribution is 5.94. The number of nitrogens with one attached hydrogen (secondary N) is 1. The summed E-state index contributed by atoms with van der Waals surface area (Å²) in [6.07, 6.45) is 7.41. The Kier molecular flexibility index (Phi) is 5.09. The van der Waals surface area contributed by atoms with Crippen molar-refractivity contribution in [1.29, 1.82) is 0 Å². The molecule has 1 N–H and O–H groups in total. The zero-order valence-corrected chi connectivity index (χ0v) is 14.2. The van der Waals surface area contributed by atoms with E-state index >= 15 is 0 Å². The molecular formula is C19H20N4O2. The summed E-state index contributed by atoms with van der Waals surface area (Å²) >= 11 is 0. The number of aromatic nitrogens is 3. The highest BCUT2D eigenvalue weighted by Gasteiger charge is 2.13. The average molecular weight is 336 g/mol. The third kappa shape index (κ3) is 4.03. The molecule has 0 radical (unpaired) electrons. The quantitative estimate of drug-likeness (QED) is 0.751. The minimum Gasteiger partial charge on any atom is -0.496 e. The summed E-state index contributed by atoms with van der Waals surface area (Å²) in [4.78, 5) is 20.8. The molecule has 0 aliphatic rings. The Morgan fingerprint density at radius 2 is 2.12 bits per heavy atom. The molecule has 128 valence electrons. The predicted octanol–water partition coefficient (Wildman–Crippen LogP) is 2.64. The molecule has 0 aliphatic heterocycles. The Hall–Kier alpha value is -3.15. The second-order valence-electron chi connectivity index (χ2n) is 5.76. The molecule has 0 aliphatic carbocycles. The van der Waals surface area contributed by atoms with Crippen LogP contribution >= 0.6 is 0 Å². The molecule has 25 heavy (non-hydrogen) atoms. The van der Waals surface area contributed by atoms with Crippen LogP contribution in [0.4, 0.5) is 0 Å². The Labute approximate surface area is 146 Å². The fraction of sp³-hybridized carbons (Fsp3) is 0.211. The summed E-state index contributed by atoms with van der Waals surface area (Å²) < 4.78 is 7.12. The molecule has 6 heteroatoms. The summed E-state index contributed by atoms with van der Waals surface area (Å²) in [7, 11) is 1.65. The monoisotopic (exact) mass is 336 g/mol. The number of benzene rings is 1. The van der Waals surface area contributed by atoms with Crippen LogP contribution in [0.3, 0.4) is 0 Å². The van der Waals surface area contributed by atoms with Gasteiger partial charge in [-0.15, -0.1) is 0 Å². The molecule has 2 heterocycles. The first-order chi connectivity index (χ1) is 12.2. The van der Waals surface area contributed by atoms with Crippen LogP contribution in [-0.2, 0) is 6.42 Å². The molecule has 3 aromatic rings. The standard InChI is InChI=1S/C19H20N4O2/c1-14(11-15-5-3-4-6-17(15)25-2)22-19(24)16-7-8-21-18(12-16)23-10-9-20-13-23/h3-10,12-14H,11H2,1-2H3,(H,22,24). The maximum Gasteiger partial charge on any atom is 0.251 e. The minimum absolute atomic E-state index is 0.0336. The van der Waals surface area contributed by atoms with Crippen molar-refractivity contribution in [3.05, 3.63) is 72.4 Å². The van der Waals surface area contributed by atoms with Crippen LogP contribution in [0, 0.1) is 0 Å². The number of ether oxygens (including phenoxy) is 1. The van der Waals surface area contributed by atoms with Crippen LogP contribution in [0.25, 0.3) is 5.82 Å². The third-order valence-electron chi connectivity index (χ3n) is 3.87. The maximum atomic E-state index is 12.5. The molecule has 1 aromatic carbocycles. The minimum atomic E-state index is -0.133. The largest absolute Gasteiger partial charge is 0.496 e. The van der Waals surface area contributed by atoms with Gasteiger partial charge in [0, 0.05) is 30.2 Å². The van der Waals surface area contributed by atoms with Gasteiger partial charge in [-0.25, -0.2) is 9.97 Å². The zero-order valence-electron chi connectivity index (χ0n) is 14.2. The smallest absolute Gasteiger partial charge is 0.251 e. The van der Waals surface area contributed by atoms with Crippen LogP contribution < -0.4 is 10.1 Å². The van der Waals surface area contributed by atoms with Gasteiger partial charge in [-0.3, -0.25) is 9.36 Å². The van der Waals surface area contributed by atoms with Crippen LogP contribution in [0.1, 0.15) is 22.8 Å².